The molecule has 86 valence electrons. The number of carboxylic acid groups (broad SMARTS) is 2. The zero-order valence-electron chi connectivity index (χ0n) is 8.87. The van der Waals surface area contributed by atoms with Gasteiger partial charge in [-0.3, -0.25) is 0 Å². The zero-order chi connectivity index (χ0) is 12.5. The summed E-state index contributed by atoms with van der Waals surface area (Å²) >= 11 is 0. The van der Waals surface area contributed by atoms with E-state index in [0.717, 1.165) is 6.07 Å². The Bertz CT molecular complexity index is 427. The van der Waals surface area contributed by atoms with Crippen molar-refractivity contribution >= 4 is 11.9 Å². The maximum Gasteiger partial charge on any atom is 0.338 e. The van der Waals surface area contributed by atoms with Crippen molar-refractivity contribution in [2.45, 2.75) is 20.3 Å². The first-order chi connectivity index (χ1) is 7.40. The molecule has 0 aliphatic rings. The van der Waals surface area contributed by atoms with Gasteiger partial charge in [0, 0.05) is 0 Å². The van der Waals surface area contributed by atoms with E-state index >= 15 is 0 Å². The van der Waals surface area contributed by atoms with Crippen LogP contribution in [0.25, 0.3) is 0 Å². The third-order valence-corrected chi connectivity index (χ3v) is 2.36. The molecule has 0 saturated carbocycles. The number of aromatic carboxylic acids is 2. The van der Waals surface area contributed by atoms with Crippen molar-refractivity contribution in [2.75, 3.05) is 0 Å². The Morgan fingerprint density at radius 1 is 1.25 bits per heavy atom. The quantitative estimate of drug-likeness (QED) is 0.827. The molecular weight excluding hydrogens is 215 g/mol. The number of aryl methyl sites for hydroxylation is 1. The summed E-state index contributed by atoms with van der Waals surface area (Å²) in [4.78, 5) is 21.8. The molecule has 0 radical (unpaired) electrons. The summed E-state index contributed by atoms with van der Waals surface area (Å²) in [7, 11) is 0. The van der Waals surface area contributed by atoms with Crippen LogP contribution in [0.15, 0.2) is 6.07 Å². The standard InChI is InChI=1S/C11H11FO4/c1-3-6-8(10(13)14)5(2)4-7(12)9(6)11(15)16/h4H,3H2,1-2H3,(H,13,14)(H,15,16). The molecule has 2 N–H and O–H groups in total. The van der Waals surface area contributed by atoms with Crippen molar-refractivity contribution in [1.29, 1.82) is 0 Å². The molecule has 16 heavy (non-hydrogen) atoms. The first-order valence-corrected chi connectivity index (χ1v) is 4.68. The Morgan fingerprint density at radius 3 is 2.12 bits per heavy atom. The van der Waals surface area contributed by atoms with E-state index in [0.29, 0.717) is 0 Å². The maximum absolute atomic E-state index is 13.4. The Hall–Kier alpha value is -1.91. The van der Waals surface area contributed by atoms with Gasteiger partial charge in [-0.2, -0.15) is 0 Å². The smallest absolute Gasteiger partial charge is 0.338 e. The molecule has 0 aliphatic carbocycles. The molecule has 1 rings (SSSR count). The summed E-state index contributed by atoms with van der Waals surface area (Å²) < 4.78 is 13.4. The van der Waals surface area contributed by atoms with Gasteiger partial charge < -0.3 is 10.2 Å². The topological polar surface area (TPSA) is 74.6 Å². The molecule has 0 bridgehead atoms. The lowest BCUT2D eigenvalue weighted by Crippen LogP contribution is -2.13. The minimum absolute atomic E-state index is 0.0255. The molecular formula is C11H11FO4. The zero-order valence-corrected chi connectivity index (χ0v) is 8.87. The molecule has 1 aromatic rings. The van der Waals surface area contributed by atoms with Crippen molar-refractivity contribution in [1.82, 2.24) is 0 Å². The van der Waals surface area contributed by atoms with E-state index in [-0.39, 0.29) is 23.1 Å². The summed E-state index contributed by atoms with van der Waals surface area (Å²) in [6, 6.07) is 0.937. The molecule has 0 aliphatic heterocycles. The molecule has 1 aromatic carbocycles. The van der Waals surface area contributed by atoms with Crippen LogP contribution in [0.4, 0.5) is 4.39 Å². The Labute approximate surface area is 91.3 Å². The molecule has 0 atom stereocenters. The molecule has 0 amide bonds. The maximum atomic E-state index is 13.4. The number of hydrogen-bond acceptors (Lipinski definition) is 2. The highest BCUT2D eigenvalue weighted by Crippen LogP contribution is 2.23. The average molecular weight is 226 g/mol. The van der Waals surface area contributed by atoms with Crippen molar-refractivity contribution < 1.29 is 24.2 Å². The van der Waals surface area contributed by atoms with Crippen molar-refractivity contribution in [3.05, 3.63) is 34.1 Å². The van der Waals surface area contributed by atoms with Crippen molar-refractivity contribution in [3.63, 3.8) is 0 Å². The van der Waals surface area contributed by atoms with Crippen LogP contribution in [-0.4, -0.2) is 22.2 Å². The number of rotatable bonds is 3. The van der Waals surface area contributed by atoms with E-state index in [9.17, 15) is 14.0 Å². The second kappa shape index (κ2) is 4.30. The fourth-order valence-electron chi connectivity index (χ4n) is 1.72. The van der Waals surface area contributed by atoms with Gasteiger partial charge in [0.2, 0.25) is 0 Å². The van der Waals surface area contributed by atoms with E-state index in [1.807, 2.05) is 0 Å². The monoisotopic (exact) mass is 226 g/mol. The van der Waals surface area contributed by atoms with Gasteiger partial charge in [0.05, 0.1) is 11.1 Å². The summed E-state index contributed by atoms with van der Waals surface area (Å²) in [6.07, 6.45) is 0.155. The van der Waals surface area contributed by atoms with Gasteiger partial charge >= 0.3 is 11.9 Å². The van der Waals surface area contributed by atoms with Crippen LogP contribution in [-0.2, 0) is 6.42 Å². The lowest BCUT2D eigenvalue weighted by molar-refractivity contribution is 0.0690. The molecule has 0 fully saturated rings. The average Bonchev–Trinajstić information content (AvgIpc) is 2.14. The van der Waals surface area contributed by atoms with Gasteiger partial charge in [0.15, 0.2) is 0 Å². The van der Waals surface area contributed by atoms with Crippen LogP contribution in [0.1, 0.15) is 38.8 Å². The molecule has 0 heterocycles. The Morgan fingerprint density at radius 2 is 1.75 bits per heavy atom. The number of carboxylic acids is 2. The second-order valence-electron chi connectivity index (χ2n) is 3.37. The SMILES string of the molecule is CCc1c(C(=O)O)c(C)cc(F)c1C(=O)O. The lowest BCUT2D eigenvalue weighted by Gasteiger charge is -2.11. The van der Waals surface area contributed by atoms with E-state index in [1.165, 1.54) is 6.92 Å². The predicted molar refractivity (Wildman–Crippen MR) is 54.4 cm³/mol. The van der Waals surface area contributed by atoms with E-state index in [2.05, 4.69) is 0 Å². The normalized spacial score (nSPS) is 10.2. The fourth-order valence-corrected chi connectivity index (χ4v) is 1.72. The minimum atomic E-state index is -1.45. The summed E-state index contributed by atoms with van der Waals surface area (Å²) in [5.74, 6) is -3.58. The van der Waals surface area contributed by atoms with Crippen LogP contribution >= 0.6 is 0 Å². The summed E-state index contributed by atoms with van der Waals surface area (Å²) in [5, 5.41) is 17.8. The van der Waals surface area contributed by atoms with E-state index in [1.54, 1.807) is 6.92 Å². The van der Waals surface area contributed by atoms with Gasteiger partial charge in [-0.1, -0.05) is 6.92 Å². The fraction of sp³-hybridized carbons (Fsp3) is 0.273. The Kier molecular flexibility index (Phi) is 3.27. The number of hydrogen-bond donors (Lipinski definition) is 2. The third kappa shape index (κ3) is 1.88. The number of carbonyl (C=O) groups is 2. The van der Waals surface area contributed by atoms with Crippen molar-refractivity contribution in [2.24, 2.45) is 0 Å². The lowest BCUT2D eigenvalue weighted by atomic mass is 9.94. The van der Waals surface area contributed by atoms with Crippen LogP contribution in [0, 0.1) is 12.7 Å². The number of halogens is 1. The molecule has 0 aromatic heterocycles. The first kappa shape index (κ1) is 12.2. The summed E-state index contributed by atoms with van der Waals surface area (Å²) in [6.45, 7) is 3.03. The van der Waals surface area contributed by atoms with Crippen molar-refractivity contribution in [3.8, 4) is 0 Å². The van der Waals surface area contributed by atoms with Crippen LogP contribution in [0.2, 0.25) is 0 Å². The molecule has 4 nitrogen and oxygen atoms in total. The molecule has 0 saturated heterocycles. The predicted octanol–water partition coefficient (Wildman–Crippen LogP) is 2.09. The van der Waals surface area contributed by atoms with Gasteiger partial charge in [-0.05, 0) is 30.5 Å². The van der Waals surface area contributed by atoms with Crippen LogP contribution in [0.5, 0.6) is 0 Å². The molecule has 0 spiro atoms. The largest absolute Gasteiger partial charge is 0.478 e. The highest BCUT2D eigenvalue weighted by molar-refractivity contribution is 5.97. The van der Waals surface area contributed by atoms with Gasteiger partial charge in [-0.25, -0.2) is 14.0 Å². The van der Waals surface area contributed by atoms with Gasteiger partial charge in [0.25, 0.3) is 0 Å². The van der Waals surface area contributed by atoms with E-state index in [4.69, 9.17) is 10.2 Å². The van der Waals surface area contributed by atoms with E-state index < -0.39 is 23.3 Å². The number of benzene rings is 1. The Balaban J connectivity index is 3.69. The molecule has 5 heteroatoms. The third-order valence-electron chi connectivity index (χ3n) is 2.36. The second-order valence-corrected chi connectivity index (χ2v) is 3.37. The first-order valence-electron chi connectivity index (χ1n) is 4.68. The van der Waals surface area contributed by atoms with Gasteiger partial charge in [0.1, 0.15) is 5.82 Å². The van der Waals surface area contributed by atoms with Gasteiger partial charge in [-0.15, -0.1) is 0 Å². The minimum Gasteiger partial charge on any atom is -0.478 e. The summed E-state index contributed by atoms with van der Waals surface area (Å²) in [5.41, 5.74) is -0.420. The van der Waals surface area contributed by atoms with Crippen LogP contribution < -0.4 is 0 Å². The van der Waals surface area contributed by atoms with Crippen LogP contribution in [0.3, 0.4) is 0 Å². The highest BCUT2D eigenvalue weighted by Gasteiger charge is 2.23. The highest BCUT2D eigenvalue weighted by atomic mass is 19.1. The molecule has 0 unspecified atom stereocenters.